The molecular weight excluding hydrogens is 921 g/mol. The number of likely N-dealkylation sites (tertiary alicyclic amines) is 1. The van der Waals surface area contributed by atoms with Crippen LogP contribution in [-0.2, 0) is 37.0 Å². The van der Waals surface area contributed by atoms with Crippen molar-refractivity contribution in [2.45, 2.75) is 111 Å². The molecule has 1 saturated heterocycles. The lowest BCUT2D eigenvalue weighted by atomic mass is 9.85. The second-order valence-corrected chi connectivity index (χ2v) is 19.4. The Morgan fingerprint density at radius 2 is 1.77 bits per heavy atom. The Morgan fingerprint density at radius 1 is 1.01 bits per heavy atom. The van der Waals surface area contributed by atoms with E-state index in [0.29, 0.717) is 67.4 Å². The lowest BCUT2D eigenvalue weighted by molar-refractivity contribution is -0.144. The highest BCUT2D eigenvalue weighted by atomic mass is 32.1. The molecule has 21 nitrogen and oxygen atoms in total. The first-order chi connectivity index (χ1) is 33.3. The number of β-amino-alcohol motifs (C(OH)–C–C–N with tert-alkyl or cyclic N) is 1. The number of nitrogen functional groups attached to an aromatic ring is 1. The van der Waals surface area contributed by atoms with Crippen molar-refractivity contribution in [1.29, 1.82) is 0 Å². The number of hydrogen-bond donors (Lipinski definition) is 7. The summed E-state index contributed by atoms with van der Waals surface area (Å²) in [5.74, 6) is 5.12. The minimum absolute atomic E-state index is 0.0410. The quantitative estimate of drug-likeness (QED) is 0.0388. The van der Waals surface area contributed by atoms with Gasteiger partial charge in [-0.15, -0.1) is 11.3 Å². The summed E-state index contributed by atoms with van der Waals surface area (Å²) in [5, 5.41) is 40.2. The number of aliphatic hydroxyl groups excluding tert-OH is 1. The van der Waals surface area contributed by atoms with Crippen molar-refractivity contribution >= 4 is 51.8 Å². The number of nitrogens with two attached hydrogens (primary N) is 1. The van der Waals surface area contributed by atoms with Crippen molar-refractivity contribution in [3.05, 3.63) is 52.9 Å². The Bertz CT molecular complexity index is 2660. The second kappa shape index (κ2) is 23.9. The van der Waals surface area contributed by atoms with E-state index in [2.05, 4.69) is 53.4 Å². The number of pyridine rings is 1. The monoisotopic (exact) mass is 984 g/mol. The summed E-state index contributed by atoms with van der Waals surface area (Å²) in [7, 11) is 0. The molecule has 4 aromatic heterocycles. The van der Waals surface area contributed by atoms with Crippen molar-refractivity contribution in [1.82, 2.24) is 56.0 Å². The molecule has 1 unspecified atom stereocenters. The van der Waals surface area contributed by atoms with Gasteiger partial charge in [0.05, 0.1) is 41.6 Å². The minimum Gasteiger partial charge on any atom is -0.490 e. The highest BCUT2D eigenvalue weighted by Gasteiger charge is 2.44. The fourth-order valence-corrected chi connectivity index (χ4v) is 8.55. The van der Waals surface area contributed by atoms with Crippen LogP contribution in [0.5, 0.6) is 5.75 Å². The number of hydrogen-bond acceptors (Lipinski definition) is 17. The summed E-state index contributed by atoms with van der Waals surface area (Å²) in [6, 6.07) is 5.90. The van der Waals surface area contributed by atoms with E-state index in [4.69, 9.17) is 24.8 Å². The van der Waals surface area contributed by atoms with Gasteiger partial charge in [0, 0.05) is 39.0 Å². The first-order valence-electron chi connectivity index (χ1n) is 23.3. The minimum atomic E-state index is -1.24. The number of thiazole rings is 1. The van der Waals surface area contributed by atoms with Crippen LogP contribution in [0.4, 0.5) is 5.82 Å². The molecule has 8 N–H and O–H groups in total. The largest absolute Gasteiger partial charge is 0.490 e. The third kappa shape index (κ3) is 14.1. The summed E-state index contributed by atoms with van der Waals surface area (Å²) in [6.45, 7) is 14.7. The molecule has 0 saturated carbocycles. The van der Waals surface area contributed by atoms with Crippen LogP contribution in [0, 0.1) is 24.2 Å². The van der Waals surface area contributed by atoms with Gasteiger partial charge in [-0.2, -0.15) is 0 Å². The first kappa shape index (κ1) is 52.9. The number of ether oxygens (including phenoxy) is 2. The number of aliphatic hydroxyl groups is 2. The standard InChI is InChI=1S/C48H64N12O9S/c1-8-59-40-35(25-52-33(16-17-48(6,7)66)38(40)56-44(59)39-43(49)58-69-57-39)68-21-10-19-50-18-9-11-36(62)51-20-22-67-27-37(63)55-42(47(3,4)5)46(65)60-26-32(61)23-34(60)45(64)53-24-30-12-14-31(15-13-30)41-29(2)54-28-70-41/h12-15,25,28,32,34,42,50,61,66H,8-11,18-24,26-27H2,1-7H3,(H2,49,58)(H,51,62)(H,53,64)(H,55,63)/t32-,34+,42?/m1/s1. The molecule has 1 aromatic carbocycles. The molecular formula is C48H64N12O9S. The van der Waals surface area contributed by atoms with Crippen LogP contribution < -0.4 is 31.7 Å². The van der Waals surface area contributed by atoms with Gasteiger partial charge < -0.3 is 56.2 Å². The molecule has 70 heavy (non-hydrogen) atoms. The Kier molecular flexibility index (Phi) is 18.0. The molecule has 0 radical (unpaired) electrons. The maximum atomic E-state index is 14.0. The van der Waals surface area contributed by atoms with Gasteiger partial charge in [0.15, 0.2) is 23.1 Å². The zero-order chi connectivity index (χ0) is 50.6. The Morgan fingerprint density at radius 3 is 2.44 bits per heavy atom. The third-order valence-electron chi connectivity index (χ3n) is 11.3. The molecule has 1 aliphatic rings. The number of carbonyl (C=O) groups excluding carboxylic acids is 4. The number of anilines is 1. The Balaban J connectivity index is 0.873. The van der Waals surface area contributed by atoms with Gasteiger partial charge in [0.2, 0.25) is 23.6 Å². The van der Waals surface area contributed by atoms with E-state index in [0.717, 1.165) is 21.7 Å². The maximum absolute atomic E-state index is 14.0. The number of carbonyl (C=O) groups is 4. The van der Waals surface area contributed by atoms with Crippen molar-refractivity contribution < 1.29 is 43.5 Å². The van der Waals surface area contributed by atoms with Crippen molar-refractivity contribution in [3.63, 3.8) is 0 Å². The zero-order valence-corrected chi connectivity index (χ0v) is 41.6. The summed E-state index contributed by atoms with van der Waals surface area (Å²) < 4.78 is 18.4. The van der Waals surface area contributed by atoms with Crippen LogP contribution >= 0.6 is 11.3 Å². The molecule has 0 bridgehead atoms. The van der Waals surface area contributed by atoms with Gasteiger partial charge in [-0.1, -0.05) is 51.0 Å². The van der Waals surface area contributed by atoms with Gasteiger partial charge >= 0.3 is 0 Å². The van der Waals surface area contributed by atoms with E-state index in [-0.39, 0.29) is 63.1 Å². The molecule has 3 atom stereocenters. The summed E-state index contributed by atoms with van der Waals surface area (Å²) in [4.78, 5) is 68.9. The molecule has 5 heterocycles. The van der Waals surface area contributed by atoms with E-state index >= 15 is 0 Å². The average molecular weight is 985 g/mol. The molecule has 376 valence electrons. The van der Waals surface area contributed by atoms with E-state index in [9.17, 15) is 29.4 Å². The number of amides is 4. The Labute approximate surface area is 410 Å². The van der Waals surface area contributed by atoms with Crippen LogP contribution in [0.15, 0.2) is 40.6 Å². The van der Waals surface area contributed by atoms with Gasteiger partial charge in [0.25, 0.3) is 0 Å². The van der Waals surface area contributed by atoms with E-state index in [1.54, 1.807) is 36.9 Å². The smallest absolute Gasteiger partial charge is 0.246 e. The van der Waals surface area contributed by atoms with Crippen LogP contribution in [-0.4, -0.2) is 138 Å². The number of nitrogens with one attached hydrogen (secondary N) is 4. The van der Waals surface area contributed by atoms with E-state index < -0.39 is 46.9 Å². The molecule has 4 amide bonds. The second-order valence-electron chi connectivity index (χ2n) is 18.6. The van der Waals surface area contributed by atoms with Crippen LogP contribution in [0.3, 0.4) is 0 Å². The summed E-state index contributed by atoms with van der Waals surface area (Å²) in [5.41, 5.74) is 10.4. The Hall–Kier alpha value is -6.51. The average Bonchev–Trinajstić information content (AvgIpc) is 4.13. The SMILES string of the molecule is CCn1c(-c2nonc2N)nc2c(C#CC(C)(C)O)ncc(OCCCNCCCC(=O)NCCOCC(=O)NC(C(=O)N3C[C@H](O)C[C@H]3C(=O)NCc3ccc(-c4scnc4C)cc3)C(C)(C)C)c21. The van der Waals surface area contributed by atoms with Crippen molar-refractivity contribution in [3.8, 4) is 39.5 Å². The number of aryl methyl sites for hydroxylation is 2. The number of imidazole rings is 1. The highest BCUT2D eigenvalue weighted by molar-refractivity contribution is 7.13. The van der Waals surface area contributed by atoms with E-state index in [1.807, 2.05) is 63.5 Å². The molecule has 0 spiro atoms. The van der Waals surface area contributed by atoms with Crippen LogP contribution in [0.25, 0.3) is 33.0 Å². The third-order valence-corrected chi connectivity index (χ3v) is 12.3. The molecule has 1 fully saturated rings. The molecule has 5 aromatic rings. The predicted octanol–water partition coefficient (Wildman–Crippen LogP) is 2.72. The normalized spacial score (nSPS) is 15.4. The van der Waals surface area contributed by atoms with Gasteiger partial charge in [-0.3, -0.25) is 19.2 Å². The molecule has 1 aliphatic heterocycles. The van der Waals surface area contributed by atoms with Crippen LogP contribution in [0.2, 0.25) is 0 Å². The number of fused-ring (bicyclic) bond motifs is 1. The maximum Gasteiger partial charge on any atom is 0.246 e. The topological polar surface area (TPSA) is 287 Å². The highest BCUT2D eigenvalue weighted by Crippen LogP contribution is 2.34. The van der Waals surface area contributed by atoms with Gasteiger partial charge in [-0.25, -0.2) is 19.6 Å². The van der Waals surface area contributed by atoms with Gasteiger partial charge in [-0.05, 0) is 86.4 Å². The fraction of sp³-hybridized carbons (Fsp3) is 0.521. The molecule has 6 rings (SSSR count). The zero-order valence-electron chi connectivity index (χ0n) is 40.8. The molecule has 0 aliphatic carbocycles. The summed E-state index contributed by atoms with van der Waals surface area (Å²) >= 11 is 1.56. The predicted molar refractivity (Wildman–Crippen MR) is 262 cm³/mol. The van der Waals surface area contributed by atoms with Crippen LogP contribution in [0.1, 0.15) is 84.2 Å². The fourth-order valence-electron chi connectivity index (χ4n) is 7.74. The lowest BCUT2D eigenvalue weighted by Gasteiger charge is -2.35. The number of benzene rings is 1. The van der Waals surface area contributed by atoms with Crippen molar-refractivity contribution in [2.24, 2.45) is 5.41 Å². The number of aromatic nitrogens is 6. The van der Waals surface area contributed by atoms with E-state index in [1.165, 1.54) is 4.90 Å². The number of rotatable bonds is 22. The lowest BCUT2D eigenvalue weighted by Crippen LogP contribution is -2.58. The summed E-state index contributed by atoms with van der Waals surface area (Å²) in [6.07, 6.45) is 2.28. The number of nitrogens with zero attached hydrogens (tertiary/aromatic N) is 7. The first-order valence-corrected chi connectivity index (χ1v) is 24.2. The molecule has 22 heteroatoms. The van der Waals surface area contributed by atoms with Crippen molar-refractivity contribution in [2.75, 3.05) is 51.7 Å². The van der Waals surface area contributed by atoms with Gasteiger partial charge in [0.1, 0.15) is 41.0 Å².